The van der Waals surface area contributed by atoms with Crippen LogP contribution in [0.15, 0.2) is 140 Å². The number of alkyl carbamates (subject to hydrolysis) is 1. The summed E-state index contributed by atoms with van der Waals surface area (Å²) >= 11 is 0. The summed E-state index contributed by atoms with van der Waals surface area (Å²) in [7, 11) is 0. The molecule has 0 radical (unpaired) electrons. The average molecular weight is 826 g/mol. The molecule has 312 valence electrons. The molecule has 1 N–H and O–H groups in total. The minimum atomic E-state index is -1.68. The van der Waals surface area contributed by atoms with Crippen molar-refractivity contribution in [2.24, 2.45) is 5.92 Å². The van der Waals surface area contributed by atoms with Crippen molar-refractivity contribution < 1.29 is 57.1 Å². The summed E-state index contributed by atoms with van der Waals surface area (Å²) in [5, 5.41) is 2.76. The third-order valence-corrected chi connectivity index (χ3v) is 11.1. The van der Waals surface area contributed by atoms with Crippen molar-refractivity contribution in [3.63, 3.8) is 0 Å². The van der Waals surface area contributed by atoms with E-state index in [-0.39, 0.29) is 48.8 Å². The topological polar surface area (TPSA) is 162 Å². The Hall–Kier alpha value is -6.83. The SMILES string of the molecule is CC(=O)OCC12O[C@H](OCCCNC(=O)OCC3c4ccccc4-c4ccccc43)[C@H](OC(=O)c3ccccc3)C1[C@@H](OC(=O)c1ccccc1)[C@@H]2OC(=O)c1ccccc1. The van der Waals surface area contributed by atoms with E-state index >= 15 is 0 Å². The van der Waals surface area contributed by atoms with Crippen molar-refractivity contribution in [1.82, 2.24) is 5.32 Å². The van der Waals surface area contributed by atoms with E-state index in [1.54, 1.807) is 91.0 Å². The second-order valence-corrected chi connectivity index (χ2v) is 14.9. The van der Waals surface area contributed by atoms with Crippen LogP contribution in [0.5, 0.6) is 0 Å². The highest BCUT2D eigenvalue weighted by Gasteiger charge is 2.77. The van der Waals surface area contributed by atoms with Crippen LogP contribution in [0.3, 0.4) is 0 Å². The molecule has 0 bridgehead atoms. The van der Waals surface area contributed by atoms with Crippen LogP contribution in [0, 0.1) is 5.92 Å². The largest absolute Gasteiger partial charge is 0.463 e. The van der Waals surface area contributed by atoms with Gasteiger partial charge in [0.1, 0.15) is 13.2 Å². The molecule has 5 aromatic rings. The quantitative estimate of drug-likeness (QED) is 0.0662. The van der Waals surface area contributed by atoms with Crippen LogP contribution in [0.4, 0.5) is 4.79 Å². The van der Waals surface area contributed by atoms with Crippen LogP contribution in [-0.2, 0) is 38.0 Å². The van der Waals surface area contributed by atoms with E-state index in [0.717, 1.165) is 22.3 Å². The molecule has 61 heavy (non-hydrogen) atoms. The van der Waals surface area contributed by atoms with Crippen molar-refractivity contribution in [1.29, 1.82) is 0 Å². The molecule has 2 unspecified atom stereocenters. The highest BCUT2D eigenvalue weighted by molar-refractivity contribution is 5.91. The number of amides is 1. The molecule has 8 rings (SSSR count). The molecule has 1 saturated heterocycles. The van der Waals surface area contributed by atoms with Gasteiger partial charge in [-0.05, 0) is 65.1 Å². The van der Waals surface area contributed by atoms with Crippen LogP contribution in [0.1, 0.15) is 61.5 Å². The number of carbonyl (C=O) groups is 5. The van der Waals surface area contributed by atoms with Crippen molar-refractivity contribution >= 4 is 30.0 Å². The fourth-order valence-electron chi connectivity index (χ4n) is 8.27. The van der Waals surface area contributed by atoms with Gasteiger partial charge in [-0.1, -0.05) is 103 Å². The minimum Gasteiger partial charge on any atom is -0.463 e. The number of benzene rings is 5. The van der Waals surface area contributed by atoms with Crippen molar-refractivity contribution in [2.45, 2.75) is 49.5 Å². The number of rotatable bonds is 15. The van der Waals surface area contributed by atoms with Gasteiger partial charge in [-0.2, -0.15) is 0 Å². The Morgan fingerprint density at radius 1 is 0.607 bits per heavy atom. The lowest BCUT2D eigenvalue weighted by Crippen LogP contribution is -2.74. The molecule has 2 fully saturated rings. The molecule has 1 heterocycles. The molecule has 1 aliphatic heterocycles. The second kappa shape index (κ2) is 18.2. The van der Waals surface area contributed by atoms with Crippen LogP contribution in [0.25, 0.3) is 11.1 Å². The van der Waals surface area contributed by atoms with Crippen LogP contribution in [-0.4, -0.2) is 86.5 Å². The fourth-order valence-corrected chi connectivity index (χ4v) is 8.27. The highest BCUT2D eigenvalue weighted by Crippen LogP contribution is 2.56. The molecular formula is C48H43NO12. The van der Waals surface area contributed by atoms with Crippen LogP contribution in [0.2, 0.25) is 0 Å². The summed E-state index contributed by atoms with van der Waals surface area (Å²) in [6, 6.07) is 40.8. The Morgan fingerprint density at radius 2 is 1.10 bits per heavy atom. The van der Waals surface area contributed by atoms with E-state index < -0.39 is 72.7 Å². The minimum absolute atomic E-state index is 0.00693. The molecule has 0 aromatic heterocycles. The predicted molar refractivity (Wildman–Crippen MR) is 218 cm³/mol. The predicted octanol–water partition coefficient (Wildman–Crippen LogP) is 6.90. The highest BCUT2D eigenvalue weighted by atomic mass is 16.7. The number of fused-ring (bicyclic) bond motifs is 4. The molecule has 5 aromatic carbocycles. The second-order valence-electron chi connectivity index (χ2n) is 14.9. The van der Waals surface area contributed by atoms with Gasteiger partial charge >= 0.3 is 30.0 Å². The molecule has 13 nitrogen and oxygen atoms in total. The molecule has 3 aliphatic rings. The molecular weight excluding hydrogens is 783 g/mol. The average Bonchev–Trinajstić information content (AvgIpc) is 3.75. The molecule has 6 atom stereocenters. The zero-order chi connectivity index (χ0) is 42.3. The first-order valence-electron chi connectivity index (χ1n) is 20.0. The summed E-state index contributed by atoms with van der Waals surface area (Å²) in [4.78, 5) is 66.0. The first-order valence-corrected chi connectivity index (χ1v) is 20.0. The van der Waals surface area contributed by atoms with E-state index in [1.165, 1.54) is 6.92 Å². The lowest BCUT2D eigenvalue weighted by molar-refractivity contribution is -0.283. The zero-order valence-corrected chi connectivity index (χ0v) is 33.2. The summed E-state index contributed by atoms with van der Waals surface area (Å²) in [5.74, 6) is -4.00. The zero-order valence-electron chi connectivity index (χ0n) is 33.2. The summed E-state index contributed by atoms with van der Waals surface area (Å²) in [5.41, 5.74) is 3.42. The van der Waals surface area contributed by atoms with Gasteiger partial charge in [-0.15, -0.1) is 0 Å². The fraction of sp³-hybridized carbons (Fsp3) is 0.271. The Balaban J connectivity index is 0.989. The third-order valence-electron chi connectivity index (χ3n) is 11.1. The van der Waals surface area contributed by atoms with Gasteiger partial charge in [0.05, 0.1) is 29.2 Å². The van der Waals surface area contributed by atoms with Gasteiger partial charge in [-0.25, -0.2) is 19.2 Å². The smallest absolute Gasteiger partial charge is 0.407 e. The molecule has 13 heteroatoms. The van der Waals surface area contributed by atoms with Gasteiger partial charge in [0.2, 0.25) is 0 Å². The van der Waals surface area contributed by atoms with E-state index in [9.17, 15) is 24.0 Å². The number of ether oxygens (including phenoxy) is 7. The number of hydrogen-bond acceptors (Lipinski definition) is 12. The Kier molecular flexibility index (Phi) is 12.2. The summed E-state index contributed by atoms with van der Waals surface area (Å²) < 4.78 is 42.1. The normalized spacial score (nSPS) is 22.0. The van der Waals surface area contributed by atoms with E-state index in [2.05, 4.69) is 17.4 Å². The molecule has 2 aliphatic carbocycles. The van der Waals surface area contributed by atoms with Crippen molar-refractivity contribution in [2.75, 3.05) is 26.4 Å². The lowest BCUT2D eigenvalue weighted by atomic mass is 9.63. The van der Waals surface area contributed by atoms with E-state index in [0.29, 0.717) is 0 Å². The Morgan fingerprint density at radius 3 is 1.64 bits per heavy atom. The monoisotopic (exact) mass is 825 g/mol. The van der Waals surface area contributed by atoms with E-state index in [4.69, 9.17) is 33.2 Å². The first-order chi connectivity index (χ1) is 29.7. The summed E-state index contributed by atoms with van der Waals surface area (Å²) in [6.45, 7) is 1.06. The summed E-state index contributed by atoms with van der Waals surface area (Å²) in [6.07, 6.45) is -5.46. The first kappa shape index (κ1) is 40.9. The number of nitrogens with one attached hydrogen (secondary N) is 1. The van der Waals surface area contributed by atoms with Crippen molar-refractivity contribution in [3.05, 3.63) is 167 Å². The standard InChI is InChI=1S/C48H43NO12/c1-30(50)57-29-48-39(40(58-43(51)31-16-5-2-6-17-31)42(48)60-45(53)33-20-9-4-10-21-33)41(59-44(52)32-18-7-3-8-19-32)46(61-48)55-27-15-26-49-47(54)56-28-38-36-24-13-11-22-34(36)35-23-12-14-25-37(35)38/h2-14,16-25,38-42,46H,15,26-29H2,1H3,(H,49,54)/t39?,40-,41-,42+,46+,48?/m1/s1. The molecule has 1 saturated carbocycles. The maximum atomic E-state index is 13.7. The third kappa shape index (κ3) is 8.61. The number of carbonyl (C=O) groups excluding carboxylic acids is 5. The maximum Gasteiger partial charge on any atom is 0.407 e. The molecule has 1 amide bonds. The van der Waals surface area contributed by atoms with Crippen LogP contribution < -0.4 is 5.32 Å². The van der Waals surface area contributed by atoms with Crippen molar-refractivity contribution in [3.8, 4) is 11.1 Å². The Labute approximate surface area is 351 Å². The maximum absolute atomic E-state index is 13.7. The van der Waals surface area contributed by atoms with Gasteiger partial charge < -0.3 is 38.5 Å². The Bertz CT molecular complexity index is 2330. The van der Waals surface area contributed by atoms with Crippen LogP contribution >= 0.6 is 0 Å². The lowest BCUT2D eigenvalue weighted by Gasteiger charge is -2.53. The van der Waals surface area contributed by atoms with E-state index in [1.807, 2.05) is 36.4 Å². The number of hydrogen-bond donors (Lipinski definition) is 1. The van der Waals surface area contributed by atoms with Gasteiger partial charge in [0.15, 0.2) is 30.2 Å². The molecule has 0 spiro atoms. The van der Waals surface area contributed by atoms with Gasteiger partial charge in [0, 0.05) is 19.4 Å². The van der Waals surface area contributed by atoms with Gasteiger partial charge in [0.25, 0.3) is 0 Å². The van der Waals surface area contributed by atoms with Gasteiger partial charge in [-0.3, -0.25) is 4.79 Å². The number of esters is 4.